The Morgan fingerprint density at radius 2 is 0.821 bits per heavy atom. The number of carboxylic acid groups (broad SMARTS) is 2. The highest BCUT2D eigenvalue weighted by Crippen LogP contribution is 2.17. The number of carbonyl (C=O) groups excluding carboxylic acids is 3. The number of nitrogens with one attached hydrogen (secondary N) is 1. The number of aliphatic carboxylic acids is 2. The minimum absolute atomic E-state index is 0.0344. The molecule has 0 heterocycles. The largest absolute Gasteiger partial charge is 0.481 e. The van der Waals surface area contributed by atoms with Crippen molar-refractivity contribution in [3.63, 3.8) is 0 Å². The molecular weight excluding hydrogens is 734 g/mol. The van der Waals surface area contributed by atoms with Gasteiger partial charge in [-0.1, -0.05) is 64.2 Å². The molecular formula is C40H73NO15. The van der Waals surface area contributed by atoms with Gasteiger partial charge in [0.1, 0.15) is 12.4 Å². The molecule has 0 rings (SSSR count). The van der Waals surface area contributed by atoms with Gasteiger partial charge in [-0.25, -0.2) is 0 Å². The second-order valence-electron chi connectivity index (χ2n) is 13.4. The summed E-state index contributed by atoms with van der Waals surface area (Å²) in [7, 11) is 0. The van der Waals surface area contributed by atoms with Crippen LogP contribution in [0.25, 0.3) is 0 Å². The van der Waals surface area contributed by atoms with Crippen molar-refractivity contribution in [2.75, 3.05) is 106 Å². The number of Topliss-reactive ketones (excluding diaryl/α,β-unsaturated/α-hetero) is 1. The number of hydrogen-bond acceptors (Lipinski definition) is 13. The second kappa shape index (κ2) is 41.9. The Kier molecular flexibility index (Phi) is 39.8. The Bertz CT molecular complexity index is 968. The summed E-state index contributed by atoms with van der Waals surface area (Å²) < 4.78 is 42.6. The molecule has 0 aromatic carbocycles. The van der Waals surface area contributed by atoms with Gasteiger partial charge >= 0.3 is 17.9 Å². The van der Waals surface area contributed by atoms with Gasteiger partial charge in [0.2, 0.25) is 5.91 Å². The van der Waals surface area contributed by atoms with E-state index in [1.165, 1.54) is 32.6 Å². The average molecular weight is 808 g/mol. The van der Waals surface area contributed by atoms with E-state index in [9.17, 15) is 29.1 Å². The molecule has 3 N–H and O–H groups in total. The Morgan fingerprint density at radius 3 is 1.20 bits per heavy atom. The van der Waals surface area contributed by atoms with E-state index in [4.69, 9.17) is 43.0 Å². The standard InChI is InChI=1S/C40H73NO15/c1-35(42)56-33-32-55-31-30-54-29-28-53-27-26-52-25-24-51-23-22-50-21-20-49-19-18-41-38(44)17-16-36(40(47)48)34-37(43)14-12-10-8-6-4-2-3-5-7-9-11-13-15-39(45)46/h36H,2-34H2,1H3,(H,41,44)(H,45,46)(H,47,48)/t36-/m1/s1. The first-order valence-corrected chi connectivity index (χ1v) is 20.6. The van der Waals surface area contributed by atoms with Crippen molar-refractivity contribution in [1.82, 2.24) is 5.32 Å². The zero-order valence-electron chi connectivity index (χ0n) is 34.1. The quantitative estimate of drug-likeness (QED) is 0.0559. The van der Waals surface area contributed by atoms with E-state index < -0.39 is 17.9 Å². The van der Waals surface area contributed by atoms with Gasteiger partial charge in [-0.3, -0.25) is 24.0 Å². The first-order valence-electron chi connectivity index (χ1n) is 20.6. The minimum atomic E-state index is -1.05. The molecule has 0 radical (unpaired) electrons. The summed E-state index contributed by atoms with van der Waals surface area (Å²) in [6.07, 6.45) is 13.4. The summed E-state index contributed by atoms with van der Waals surface area (Å²) in [6.45, 7) is 7.66. The average Bonchev–Trinajstić information content (AvgIpc) is 3.16. The van der Waals surface area contributed by atoms with Gasteiger partial charge in [0.15, 0.2) is 0 Å². The molecule has 0 saturated carbocycles. The summed E-state index contributed by atoms with van der Waals surface area (Å²) >= 11 is 0. The van der Waals surface area contributed by atoms with E-state index in [1.807, 2.05) is 0 Å². The first kappa shape index (κ1) is 53.3. The summed E-state index contributed by atoms with van der Waals surface area (Å²) in [6, 6.07) is 0. The van der Waals surface area contributed by atoms with Crippen molar-refractivity contribution in [3.8, 4) is 0 Å². The highest BCUT2D eigenvalue weighted by atomic mass is 16.6. The molecule has 0 unspecified atom stereocenters. The van der Waals surface area contributed by atoms with Crippen LogP contribution in [0.5, 0.6) is 0 Å². The molecule has 0 aliphatic carbocycles. The van der Waals surface area contributed by atoms with Crippen LogP contribution in [-0.4, -0.2) is 145 Å². The van der Waals surface area contributed by atoms with E-state index in [0.717, 1.165) is 51.4 Å². The number of esters is 1. The third kappa shape index (κ3) is 42.4. The van der Waals surface area contributed by atoms with Crippen molar-refractivity contribution < 1.29 is 72.1 Å². The van der Waals surface area contributed by atoms with Crippen LogP contribution in [0, 0.1) is 5.92 Å². The summed E-state index contributed by atoms with van der Waals surface area (Å²) in [4.78, 5) is 57.4. The lowest BCUT2D eigenvalue weighted by atomic mass is 9.94. The first-order chi connectivity index (χ1) is 27.2. The van der Waals surface area contributed by atoms with Crippen molar-refractivity contribution in [3.05, 3.63) is 0 Å². The highest BCUT2D eigenvalue weighted by molar-refractivity contribution is 5.84. The van der Waals surface area contributed by atoms with Crippen LogP contribution in [0.3, 0.4) is 0 Å². The third-order valence-corrected chi connectivity index (χ3v) is 8.47. The highest BCUT2D eigenvalue weighted by Gasteiger charge is 2.22. The van der Waals surface area contributed by atoms with Gasteiger partial charge in [-0.15, -0.1) is 0 Å². The second-order valence-corrected chi connectivity index (χ2v) is 13.4. The number of hydrogen-bond donors (Lipinski definition) is 3. The predicted octanol–water partition coefficient (Wildman–Crippen LogP) is 4.77. The third-order valence-electron chi connectivity index (χ3n) is 8.47. The van der Waals surface area contributed by atoms with Crippen LogP contribution in [-0.2, 0) is 61.9 Å². The number of unbranched alkanes of at least 4 members (excludes halogenated alkanes) is 11. The Morgan fingerprint density at radius 1 is 0.464 bits per heavy atom. The van der Waals surface area contributed by atoms with E-state index >= 15 is 0 Å². The lowest BCUT2D eigenvalue weighted by molar-refractivity contribution is -0.144. The minimum Gasteiger partial charge on any atom is -0.481 e. The number of carbonyl (C=O) groups is 5. The Labute approximate surface area is 334 Å². The predicted molar refractivity (Wildman–Crippen MR) is 208 cm³/mol. The molecule has 0 bridgehead atoms. The fraction of sp³-hybridized carbons (Fsp3) is 0.875. The van der Waals surface area contributed by atoms with Crippen molar-refractivity contribution in [2.24, 2.45) is 5.92 Å². The fourth-order valence-electron chi connectivity index (χ4n) is 5.38. The molecule has 328 valence electrons. The molecule has 0 fully saturated rings. The van der Waals surface area contributed by atoms with Crippen LogP contribution < -0.4 is 5.32 Å². The van der Waals surface area contributed by atoms with E-state index in [2.05, 4.69) is 5.32 Å². The topological polar surface area (TPSA) is 212 Å². The monoisotopic (exact) mass is 807 g/mol. The molecule has 1 amide bonds. The molecule has 0 saturated heterocycles. The molecule has 1 atom stereocenters. The fourth-order valence-corrected chi connectivity index (χ4v) is 5.38. The molecule has 0 aliphatic heterocycles. The van der Waals surface area contributed by atoms with E-state index in [0.29, 0.717) is 105 Å². The SMILES string of the molecule is CC(=O)OCCOCCOCCOCCOCCOCCOCCOCCNC(=O)CC[C@H](CC(=O)CCCCCCCCCCCCCCC(=O)O)C(=O)O. The Balaban J connectivity index is 3.50. The van der Waals surface area contributed by atoms with E-state index in [1.54, 1.807) is 0 Å². The molecule has 56 heavy (non-hydrogen) atoms. The summed E-state index contributed by atoms with van der Waals surface area (Å²) in [5, 5.41) is 20.9. The zero-order chi connectivity index (χ0) is 41.2. The normalized spacial score (nSPS) is 11.7. The smallest absolute Gasteiger partial charge is 0.306 e. The Hall–Kier alpha value is -2.73. The lowest BCUT2D eigenvalue weighted by Crippen LogP contribution is -2.29. The van der Waals surface area contributed by atoms with E-state index in [-0.39, 0.29) is 49.9 Å². The maximum absolute atomic E-state index is 12.4. The molecule has 16 heteroatoms. The van der Waals surface area contributed by atoms with Gasteiger partial charge in [0, 0.05) is 39.2 Å². The van der Waals surface area contributed by atoms with Crippen LogP contribution >= 0.6 is 0 Å². The van der Waals surface area contributed by atoms with Crippen LogP contribution in [0.2, 0.25) is 0 Å². The van der Waals surface area contributed by atoms with Gasteiger partial charge in [0.25, 0.3) is 0 Å². The zero-order valence-corrected chi connectivity index (χ0v) is 34.1. The van der Waals surface area contributed by atoms with Gasteiger partial charge in [-0.2, -0.15) is 0 Å². The van der Waals surface area contributed by atoms with Crippen LogP contribution in [0.1, 0.15) is 116 Å². The number of amides is 1. The summed E-state index contributed by atoms with van der Waals surface area (Å²) in [5.41, 5.74) is 0. The lowest BCUT2D eigenvalue weighted by Gasteiger charge is -2.12. The van der Waals surface area contributed by atoms with Gasteiger partial charge < -0.3 is 53.4 Å². The van der Waals surface area contributed by atoms with Crippen molar-refractivity contribution in [2.45, 2.75) is 116 Å². The van der Waals surface area contributed by atoms with Gasteiger partial charge in [0.05, 0.1) is 98.4 Å². The molecule has 0 aliphatic rings. The van der Waals surface area contributed by atoms with Crippen LogP contribution in [0.15, 0.2) is 0 Å². The van der Waals surface area contributed by atoms with Crippen LogP contribution in [0.4, 0.5) is 0 Å². The maximum atomic E-state index is 12.4. The molecule has 0 aromatic heterocycles. The van der Waals surface area contributed by atoms with Crippen molar-refractivity contribution >= 4 is 29.6 Å². The number of carboxylic acids is 2. The van der Waals surface area contributed by atoms with Crippen molar-refractivity contribution in [1.29, 1.82) is 0 Å². The molecule has 0 spiro atoms. The molecule has 16 nitrogen and oxygen atoms in total. The maximum Gasteiger partial charge on any atom is 0.306 e. The molecule has 0 aromatic rings. The number of ketones is 1. The number of ether oxygens (including phenoxy) is 8. The number of rotatable bonds is 45. The summed E-state index contributed by atoms with van der Waals surface area (Å²) in [5.74, 6) is -3.30. The van der Waals surface area contributed by atoms with Gasteiger partial charge in [-0.05, 0) is 19.3 Å².